The van der Waals surface area contributed by atoms with Crippen molar-refractivity contribution in [1.29, 1.82) is 0 Å². The van der Waals surface area contributed by atoms with Crippen LogP contribution < -0.4 is 0 Å². The number of ketones is 1. The van der Waals surface area contributed by atoms with Crippen molar-refractivity contribution in [2.45, 2.75) is 0 Å². The van der Waals surface area contributed by atoms with Crippen LogP contribution in [0.3, 0.4) is 0 Å². The van der Waals surface area contributed by atoms with Crippen LogP contribution >= 0.6 is 11.6 Å². The van der Waals surface area contributed by atoms with Gasteiger partial charge in [-0.2, -0.15) is 0 Å². The maximum atomic E-state index is 11.8. The Morgan fingerprint density at radius 2 is 1.37 bits per heavy atom. The van der Waals surface area contributed by atoms with Gasteiger partial charge in [0.25, 0.3) is 0 Å². The van der Waals surface area contributed by atoms with E-state index in [4.69, 9.17) is 11.6 Å². The third-order valence-corrected chi connectivity index (χ3v) is 2.85. The molecule has 0 saturated heterocycles. The van der Waals surface area contributed by atoms with Crippen LogP contribution in [0.5, 0.6) is 0 Å². The first-order valence-corrected chi connectivity index (χ1v) is 6.33. The van der Waals surface area contributed by atoms with Gasteiger partial charge in [0.15, 0.2) is 5.78 Å². The third-order valence-electron chi connectivity index (χ3n) is 2.56. The first-order valence-electron chi connectivity index (χ1n) is 5.95. The van der Waals surface area contributed by atoms with Crippen molar-refractivity contribution in [3.63, 3.8) is 0 Å². The second-order valence-corrected chi connectivity index (χ2v) is 4.42. The van der Waals surface area contributed by atoms with Gasteiger partial charge < -0.3 is 0 Å². The number of carbonyl (C=O) groups excluding carboxylic acids is 1. The minimum Gasteiger partial charge on any atom is -0.288 e. The van der Waals surface area contributed by atoms with Crippen LogP contribution in [0.25, 0.3) is 12.2 Å². The molecule has 2 heteroatoms. The molecule has 0 fully saturated rings. The molecule has 0 aliphatic rings. The van der Waals surface area contributed by atoms with Gasteiger partial charge in [-0.3, -0.25) is 4.79 Å². The number of hydrogen-bond acceptors (Lipinski definition) is 1. The van der Waals surface area contributed by atoms with Gasteiger partial charge in [-0.1, -0.05) is 78.3 Å². The summed E-state index contributed by atoms with van der Waals surface area (Å²) in [5.41, 5.74) is 1.88. The highest BCUT2D eigenvalue weighted by Gasteiger charge is 2.02. The minimum atomic E-state index is -0.200. The van der Waals surface area contributed by atoms with Crippen LogP contribution in [0.2, 0.25) is 0 Å². The monoisotopic (exact) mass is 268 g/mol. The Bertz CT molecular complexity index is 598. The summed E-state index contributed by atoms with van der Waals surface area (Å²) < 4.78 is 0. The van der Waals surface area contributed by atoms with Crippen LogP contribution in [-0.2, 0) is 4.79 Å². The van der Waals surface area contributed by atoms with Crippen LogP contribution in [0, 0.1) is 0 Å². The molecule has 19 heavy (non-hydrogen) atoms. The molecule has 0 aliphatic carbocycles. The van der Waals surface area contributed by atoms with Gasteiger partial charge in [0.05, 0.1) is 5.03 Å². The van der Waals surface area contributed by atoms with E-state index >= 15 is 0 Å². The molecule has 2 aromatic carbocycles. The molecule has 0 aliphatic heterocycles. The van der Waals surface area contributed by atoms with Crippen LogP contribution in [-0.4, -0.2) is 5.78 Å². The Kier molecular flexibility index (Phi) is 4.71. The van der Waals surface area contributed by atoms with E-state index in [-0.39, 0.29) is 10.8 Å². The van der Waals surface area contributed by atoms with Crippen molar-refractivity contribution in [3.8, 4) is 0 Å². The molecular formula is C17H13ClO. The molecule has 0 amide bonds. The molecule has 94 valence electrons. The lowest BCUT2D eigenvalue weighted by molar-refractivity contribution is -0.110. The Morgan fingerprint density at radius 3 is 1.95 bits per heavy atom. The smallest absolute Gasteiger partial charge is 0.197 e. The highest BCUT2D eigenvalue weighted by molar-refractivity contribution is 6.46. The number of allylic oxidation sites excluding steroid dienone is 2. The van der Waals surface area contributed by atoms with Crippen molar-refractivity contribution in [1.82, 2.24) is 0 Å². The summed E-state index contributed by atoms with van der Waals surface area (Å²) in [7, 11) is 0. The van der Waals surface area contributed by atoms with Crippen molar-refractivity contribution in [2.24, 2.45) is 0 Å². The summed E-state index contributed by atoms with van der Waals surface area (Å²) in [5, 5.41) is 0.207. The molecule has 0 radical (unpaired) electrons. The van der Waals surface area contributed by atoms with Gasteiger partial charge in [0.1, 0.15) is 0 Å². The summed E-state index contributed by atoms with van der Waals surface area (Å²) in [4.78, 5) is 11.8. The van der Waals surface area contributed by atoms with Gasteiger partial charge in [-0.05, 0) is 23.3 Å². The maximum absolute atomic E-state index is 11.8. The molecule has 2 rings (SSSR count). The average Bonchev–Trinajstić information content (AvgIpc) is 2.47. The van der Waals surface area contributed by atoms with Crippen molar-refractivity contribution < 1.29 is 4.79 Å². The number of halogens is 1. The fourth-order valence-electron chi connectivity index (χ4n) is 1.58. The largest absolute Gasteiger partial charge is 0.288 e. The van der Waals surface area contributed by atoms with E-state index in [1.165, 1.54) is 6.08 Å². The Balaban J connectivity index is 2.08. The van der Waals surface area contributed by atoms with Gasteiger partial charge in [0.2, 0.25) is 0 Å². The predicted octanol–water partition coefficient (Wildman–Crippen LogP) is 4.55. The van der Waals surface area contributed by atoms with Crippen molar-refractivity contribution >= 4 is 29.5 Å². The molecule has 2 aromatic rings. The second kappa shape index (κ2) is 6.72. The fraction of sp³-hybridized carbons (Fsp3) is 0. The van der Waals surface area contributed by atoms with E-state index in [0.717, 1.165) is 11.1 Å². The summed E-state index contributed by atoms with van der Waals surface area (Å²) >= 11 is 5.99. The van der Waals surface area contributed by atoms with Crippen LogP contribution in [0.15, 0.2) is 71.8 Å². The lowest BCUT2D eigenvalue weighted by Crippen LogP contribution is -1.91. The van der Waals surface area contributed by atoms with E-state index < -0.39 is 0 Å². The third kappa shape index (κ3) is 4.23. The number of rotatable bonds is 4. The van der Waals surface area contributed by atoms with E-state index in [9.17, 15) is 4.79 Å². The van der Waals surface area contributed by atoms with Gasteiger partial charge >= 0.3 is 0 Å². The summed E-state index contributed by atoms with van der Waals surface area (Å²) in [5.74, 6) is -0.200. The molecule has 0 N–H and O–H groups in total. The molecule has 0 unspecified atom stereocenters. The SMILES string of the molecule is O=C(C=Cc1ccccc1)C(Cl)=Cc1ccccc1. The van der Waals surface area contributed by atoms with Crippen LogP contribution in [0.1, 0.15) is 11.1 Å². The first kappa shape index (κ1) is 13.3. The topological polar surface area (TPSA) is 17.1 Å². The molecular weight excluding hydrogens is 256 g/mol. The fourth-order valence-corrected chi connectivity index (χ4v) is 1.77. The first-order chi connectivity index (χ1) is 9.25. The maximum Gasteiger partial charge on any atom is 0.197 e. The van der Waals surface area contributed by atoms with Gasteiger partial charge in [0, 0.05) is 0 Å². The molecule has 1 nitrogen and oxygen atoms in total. The Morgan fingerprint density at radius 1 is 0.842 bits per heavy atom. The normalized spacial score (nSPS) is 11.7. The highest BCUT2D eigenvalue weighted by atomic mass is 35.5. The van der Waals surface area contributed by atoms with Gasteiger partial charge in [-0.15, -0.1) is 0 Å². The Labute approximate surface area is 117 Å². The van der Waals surface area contributed by atoms with E-state index in [1.807, 2.05) is 60.7 Å². The van der Waals surface area contributed by atoms with Crippen molar-refractivity contribution in [3.05, 3.63) is 82.9 Å². The van der Waals surface area contributed by atoms with E-state index in [2.05, 4.69) is 0 Å². The average molecular weight is 269 g/mol. The lowest BCUT2D eigenvalue weighted by atomic mass is 10.1. The molecule has 0 atom stereocenters. The lowest BCUT2D eigenvalue weighted by Gasteiger charge is -1.95. The summed E-state index contributed by atoms with van der Waals surface area (Å²) in [6, 6.07) is 19.2. The second-order valence-electron chi connectivity index (χ2n) is 4.01. The number of hydrogen-bond donors (Lipinski definition) is 0. The van der Waals surface area contributed by atoms with Crippen molar-refractivity contribution in [2.75, 3.05) is 0 Å². The zero-order valence-corrected chi connectivity index (χ0v) is 11.0. The summed E-state index contributed by atoms with van der Waals surface area (Å²) in [6.45, 7) is 0. The van der Waals surface area contributed by atoms with E-state index in [0.29, 0.717) is 0 Å². The molecule has 0 heterocycles. The zero-order valence-electron chi connectivity index (χ0n) is 10.3. The van der Waals surface area contributed by atoms with E-state index in [1.54, 1.807) is 12.2 Å². The Hall–Kier alpha value is -2.12. The highest BCUT2D eigenvalue weighted by Crippen LogP contribution is 2.12. The number of carbonyl (C=O) groups is 1. The van der Waals surface area contributed by atoms with Crippen LogP contribution in [0.4, 0.5) is 0 Å². The van der Waals surface area contributed by atoms with Gasteiger partial charge in [-0.25, -0.2) is 0 Å². The number of benzene rings is 2. The summed E-state index contributed by atoms with van der Waals surface area (Å²) in [6.07, 6.45) is 4.90. The molecule has 0 saturated carbocycles. The standard InChI is InChI=1S/C17H13ClO/c18-16(13-15-9-5-2-6-10-15)17(19)12-11-14-7-3-1-4-8-14/h1-13H. The zero-order chi connectivity index (χ0) is 13.5. The molecule has 0 spiro atoms. The molecule has 0 bridgehead atoms. The minimum absolute atomic E-state index is 0.200. The quantitative estimate of drug-likeness (QED) is 0.744. The molecule has 0 aromatic heterocycles. The predicted molar refractivity (Wildman–Crippen MR) is 80.8 cm³/mol.